The zero-order chi connectivity index (χ0) is 11.8. The van der Waals surface area contributed by atoms with Crippen molar-refractivity contribution in [3.05, 3.63) is 35.4 Å². The van der Waals surface area contributed by atoms with Gasteiger partial charge in [-0.05, 0) is 42.5 Å². The second kappa shape index (κ2) is 4.17. The summed E-state index contributed by atoms with van der Waals surface area (Å²) in [5.41, 5.74) is 3.27. The van der Waals surface area contributed by atoms with E-state index in [0.717, 1.165) is 16.9 Å². The maximum atomic E-state index is 9.69. The Bertz CT molecular complexity index is 461. The largest absolute Gasteiger partial charge is 0.489 e. The van der Waals surface area contributed by atoms with Crippen LogP contribution in [0.15, 0.2) is 24.3 Å². The summed E-state index contributed by atoms with van der Waals surface area (Å²) in [6.07, 6.45) is 3.83. The summed E-state index contributed by atoms with van der Waals surface area (Å²) in [4.78, 5) is 0. The monoisotopic (exact) mass is 232 g/mol. The van der Waals surface area contributed by atoms with Gasteiger partial charge in [0.2, 0.25) is 0 Å². The van der Waals surface area contributed by atoms with Gasteiger partial charge in [0.25, 0.3) is 0 Å². The molecule has 1 aromatic carbocycles. The second-order valence-corrected chi connectivity index (χ2v) is 4.59. The molecule has 0 bridgehead atoms. The molecule has 1 fully saturated rings. The van der Waals surface area contributed by atoms with Gasteiger partial charge in [-0.25, -0.2) is 0 Å². The third kappa shape index (κ3) is 1.96. The molecule has 1 unspecified atom stereocenters. The molecule has 90 valence electrons. The van der Waals surface area contributed by atoms with E-state index in [1.165, 1.54) is 25.5 Å². The van der Waals surface area contributed by atoms with Crippen LogP contribution >= 0.6 is 0 Å². The van der Waals surface area contributed by atoms with Crippen molar-refractivity contribution in [3.8, 4) is 5.75 Å². The molecule has 1 aromatic rings. The minimum Gasteiger partial charge on any atom is -0.489 e. The smallest absolute Gasteiger partial charge is 0.180 e. The minimum atomic E-state index is -0.859. The van der Waals surface area contributed by atoms with Gasteiger partial charge in [0.1, 0.15) is 12.4 Å². The molecular weight excluding hydrogens is 216 g/mol. The first-order chi connectivity index (χ1) is 8.29. The predicted molar refractivity (Wildman–Crippen MR) is 64.6 cm³/mol. The molecule has 0 aromatic heterocycles. The highest BCUT2D eigenvalue weighted by atomic mass is 16.6. The van der Waals surface area contributed by atoms with Gasteiger partial charge in [-0.3, -0.25) is 0 Å². The van der Waals surface area contributed by atoms with Gasteiger partial charge in [0, 0.05) is 18.2 Å². The third-order valence-electron chi connectivity index (χ3n) is 3.38. The van der Waals surface area contributed by atoms with Crippen molar-refractivity contribution < 1.29 is 14.6 Å². The van der Waals surface area contributed by atoms with Gasteiger partial charge in [0.15, 0.2) is 6.29 Å². The molecule has 3 rings (SSSR count). The molecule has 3 nitrogen and oxygen atoms in total. The number of benzene rings is 1. The lowest BCUT2D eigenvalue weighted by Crippen LogP contribution is -2.08. The van der Waals surface area contributed by atoms with Crippen LogP contribution in [0.2, 0.25) is 0 Å². The Morgan fingerprint density at radius 3 is 2.94 bits per heavy atom. The molecule has 1 atom stereocenters. The summed E-state index contributed by atoms with van der Waals surface area (Å²) in [5, 5.41) is 9.69. The lowest BCUT2D eigenvalue weighted by Gasteiger charge is -2.20. The lowest BCUT2D eigenvalue weighted by molar-refractivity contribution is -0.0769. The first-order valence-corrected chi connectivity index (χ1v) is 5.97. The van der Waals surface area contributed by atoms with Crippen LogP contribution in [0.25, 0.3) is 5.57 Å². The molecule has 1 saturated carbocycles. The first-order valence-electron chi connectivity index (χ1n) is 5.97. The fraction of sp³-hybridized carbons (Fsp3) is 0.429. The molecule has 1 N–H and O–H groups in total. The van der Waals surface area contributed by atoms with Gasteiger partial charge >= 0.3 is 0 Å². The average molecular weight is 232 g/mol. The zero-order valence-corrected chi connectivity index (χ0v) is 9.85. The molecule has 3 heteroatoms. The predicted octanol–water partition coefficient (Wildman–Crippen LogP) is 2.51. The van der Waals surface area contributed by atoms with Crippen molar-refractivity contribution in [2.45, 2.75) is 19.1 Å². The SMILES string of the molecule is COC(O)c1ccc2c(c1)C(C1CC1)=CCO2. The molecule has 0 radical (unpaired) electrons. The Labute approximate surface area is 101 Å². The van der Waals surface area contributed by atoms with E-state index in [9.17, 15) is 5.11 Å². The number of aliphatic hydroxyl groups is 1. The van der Waals surface area contributed by atoms with Gasteiger partial charge < -0.3 is 14.6 Å². The maximum Gasteiger partial charge on any atom is 0.180 e. The molecular formula is C14H16O3. The summed E-state index contributed by atoms with van der Waals surface area (Å²) in [7, 11) is 1.50. The van der Waals surface area contributed by atoms with Crippen molar-refractivity contribution in [2.75, 3.05) is 13.7 Å². The maximum absolute atomic E-state index is 9.69. The standard InChI is InChI=1S/C14H16O3/c1-16-14(15)10-4-5-13-12(8-10)11(6-7-17-13)9-2-3-9/h4-6,8-9,14-15H,2-3,7H2,1H3. The summed E-state index contributed by atoms with van der Waals surface area (Å²) in [6.45, 7) is 0.658. The number of hydrogen-bond acceptors (Lipinski definition) is 3. The summed E-state index contributed by atoms with van der Waals surface area (Å²) >= 11 is 0. The number of rotatable bonds is 3. The normalized spacial score (nSPS) is 20.2. The fourth-order valence-corrected chi connectivity index (χ4v) is 2.30. The van der Waals surface area contributed by atoms with Crippen LogP contribution in [0.1, 0.15) is 30.3 Å². The Kier molecular flexibility index (Phi) is 2.65. The van der Waals surface area contributed by atoms with Crippen molar-refractivity contribution >= 4 is 5.57 Å². The van der Waals surface area contributed by atoms with Crippen LogP contribution in [0.4, 0.5) is 0 Å². The van der Waals surface area contributed by atoms with Crippen LogP contribution in [-0.2, 0) is 4.74 Å². The molecule has 0 spiro atoms. The number of ether oxygens (including phenoxy) is 2. The first kappa shape index (κ1) is 10.8. The van der Waals surface area contributed by atoms with E-state index in [-0.39, 0.29) is 0 Å². The van der Waals surface area contributed by atoms with Crippen molar-refractivity contribution in [1.29, 1.82) is 0 Å². The van der Waals surface area contributed by atoms with Crippen LogP contribution in [0, 0.1) is 5.92 Å². The number of hydrogen-bond donors (Lipinski definition) is 1. The number of allylic oxidation sites excluding steroid dienone is 1. The van der Waals surface area contributed by atoms with Crippen LogP contribution in [0.5, 0.6) is 5.75 Å². The van der Waals surface area contributed by atoms with E-state index in [4.69, 9.17) is 9.47 Å². The Balaban J connectivity index is 2.00. The summed E-state index contributed by atoms with van der Waals surface area (Å²) in [6, 6.07) is 5.75. The quantitative estimate of drug-likeness (QED) is 0.814. The van der Waals surface area contributed by atoms with E-state index >= 15 is 0 Å². The molecule has 0 amide bonds. The van der Waals surface area contributed by atoms with Crippen LogP contribution < -0.4 is 4.74 Å². The van der Waals surface area contributed by atoms with E-state index in [1.54, 1.807) is 0 Å². The lowest BCUT2D eigenvalue weighted by atomic mass is 9.96. The average Bonchev–Trinajstić information content (AvgIpc) is 3.20. The summed E-state index contributed by atoms with van der Waals surface area (Å²) < 4.78 is 10.5. The highest BCUT2D eigenvalue weighted by Crippen LogP contribution is 2.46. The van der Waals surface area contributed by atoms with Crippen molar-refractivity contribution in [3.63, 3.8) is 0 Å². The second-order valence-electron chi connectivity index (χ2n) is 4.59. The Morgan fingerprint density at radius 2 is 2.24 bits per heavy atom. The minimum absolute atomic E-state index is 0.658. The molecule has 17 heavy (non-hydrogen) atoms. The Morgan fingerprint density at radius 1 is 1.41 bits per heavy atom. The molecule has 0 saturated heterocycles. The zero-order valence-electron chi connectivity index (χ0n) is 9.85. The van der Waals surface area contributed by atoms with Crippen LogP contribution in [-0.4, -0.2) is 18.8 Å². The summed E-state index contributed by atoms with van der Waals surface area (Å²) in [5.74, 6) is 1.61. The van der Waals surface area contributed by atoms with Gasteiger partial charge in [-0.15, -0.1) is 0 Å². The van der Waals surface area contributed by atoms with Crippen molar-refractivity contribution in [1.82, 2.24) is 0 Å². The topological polar surface area (TPSA) is 38.7 Å². The number of aliphatic hydroxyl groups excluding tert-OH is 1. The van der Waals surface area contributed by atoms with Crippen molar-refractivity contribution in [2.24, 2.45) is 5.92 Å². The molecule has 2 aliphatic rings. The molecule has 1 aliphatic carbocycles. The number of fused-ring (bicyclic) bond motifs is 1. The fourth-order valence-electron chi connectivity index (χ4n) is 2.30. The molecule has 1 aliphatic heterocycles. The van der Waals surface area contributed by atoms with E-state index in [2.05, 4.69) is 6.08 Å². The highest BCUT2D eigenvalue weighted by Gasteiger charge is 2.30. The molecule has 1 heterocycles. The van der Waals surface area contributed by atoms with Gasteiger partial charge in [-0.1, -0.05) is 6.07 Å². The van der Waals surface area contributed by atoms with Gasteiger partial charge in [-0.2, -0.15) is 0 Å². The Hall–Kier alpha value is -1.32. The number of methoxy groups -OCH3 is 1. The third-order valence-corrected chi connectivity index (χ3v) is 3.38. The van der Waals surface area contributed by atoms with E-state index in [1.807, 2.05) is 18.2 Å². The van der Waals surface area contributed by atoms with Crippen LogP contribution in [0.3, 0.4) is 0 Å². The highest BCUT2D eigenvalue weighted by molar-refractivity contribution is 5.75. The van der Waals surface area contributed by atoms with Gasteiger partial charge in [0.05, 0.1) is 0 Å². The van der Waals surface area contributed by atoms with E-state index in [0.29, 0.717) is 12.5 Å². The van der Waals surface area contributed by atoms with E-state index < -0.39 is 6.29 Å².